The second-order valence-electron chi connectivity index (χ2n) is 2.25. The maximum Gasteiger partial charge on any atom is -0.0307 e. The lowest BCUT2D eigenvalue weighted by Crippen LogP contribution is -1.73. The second-order valence-corrected chi connectivity index (χ2v) is 2.25. The van der Waals surface area contributed by atoms with Crippen LogP contribution in [0.4, 0.5) is 0 Å². The van der Waals surface area contributed by atoms with Crippen LogP contribution in [0.3, 0.4) is 0 Å². The van der Waals surface area contributed by atoms with E-state index in [1.807, 2.05) is 13.0 Å². The number of benzene rings is 1. The Kier molecular flexibility index (Phi) is 6.40. The molecule has 0 atom stereocenters. The van der Waals surface area contributed by atoms with Gasteiger partial charge in [-0.1, -0.05) is 43.3 Å². The minimum absolute atomic E-state index is 1.14. The summed E-state index contributed by atoms with van der Waals surface area (Å²) in [4.78, 5) is 0. The third kappa shape index (κ3) is 5.41. The van der Waals surface area contributed by atoms with Gasteiger partial charge in [-0.05, 0) is 18.9 Å². The second kappa shape index (κ2) is 7.07. The van der Waals surface area contributed by atoms with E-state index in [1.54, 1.807) is 6.08 Å². The van der Waals surface area contributed by atoms with Crippen LogP contribution < -0.4 is 0 Å². The van der Waals surface area contributed by atoms with Gasteiger partial charge in [-0.3, -0.25) is 0 Å². The Hall–Kier alpha value is -1.04. The Morgan fingerprint density at radius 1 is 1.27 bits per heavy atom. The van der Waals surface area contributed by atoms with E-state index in [1.165, 1.54) is 5.56 Å². The van der Waals surface area contributed by atoms with Crippen LogP contribution >= 0.6 is 0 Å². The summed E-state index contributed by atoms with van der Waals surface area (Å²) in [6, 6.07) is 10.5. The van der Waals surface area contributed by atoms with Crippen molar-refractivity contribution in [1.29, 1.82) is 0 Å². The molecular weight excluding hydrogens is 132 g/mol. The lowest BCUT2D eigenvalue weighted by molar-refractivity contribution is 1.14. The van der Waals surface area contributed by atoms with Gasteiger partial charge in [0.15, 0.2) is 0 Å². The molecular formula is C11H16. The molecule has 0 aromatic heterocycles. The first-order chi connectivity index (χ1) is 5.35. The van der Waals surface area contributed by atoms with Crippen molar-refractivity contribution in [3.63, 3.8) is 0 Å². The first-order valence-electron chi connectivity index (χ1n) is 3.96. The molecule has 0 heterocycles. The average molecular weight is 148 g/mol. The SMILES string of the molecule is C=CC.CCc1ccccc1. The summed E-state index contributed by atoms with van der Waals surface area (Å²) < 4.78 is 0. The fourth-order valence-corrected chi connectivity index (χ4v) is 0.714. The zero-order valence-corrected chi connectivity index (χ0v) is 7.38. The molecule has 0 nitrogen and oxygen atoms in total. The lowest BCUT2D eigenvalue weighted by Gasteiger charge is -1.89. The molecule has 0 amide bonds. The molecule has 11 heavy (non-hydrogen) atoms. The zero-order valence-electron chi connectivity index (χ0n) is 7.38. The van der Waals surface area contributed by atoms with E-state index < -0.39 is 0 Å². The first-order valence-corrected chi connectivity index (χ1v) is 3.96. The van der Waals surface area contributed by atoms with Crippen LogP contribution in [0.15, 0.2) is 43.0 Å². The first kappa shape index (κ1) is 9.96. The smallest absolute Gasteiger partial charge is 0.0307 e. The predicted molar refractivity (Wildman–Crippen MR) is 51.7 cm³/mol. The summed E-state index contributed by atoms with van der Waals surface area (Å²) in [6.07, 6.45) is 2.89. The molecule has 1 rings (SSSR count). The lowest BCUT2D eigenvalue weighted by atomic mass is 10.2. The summed E-state index contributed by atoms with van der Waals surface area (Å²) in [5, 5.41) is 0. The van der Waals surface area contributed by atoms with Crippen molar-refractivity contribution < 1.29 is 0 Å². The van der Waals surface area contributed by atoms with Crippen molar-refractivity contribution >= 4 is 0 Å². The summed E-state index contributed by atoms with van der Waals surface area (Å²) in [6.45, 7) is 7.41. The van der Waals surface area contributed by atoms with E-state index in [4.69, 9.17) is 0 Å². The van der Waals surface area contributed by atoms with Crippen LogP contribution in [0.1, 0.15) is 19.4 Å². The van der Waals surface area contributed by atoms with Gasteiger partial charge < -0.3 is 0 Å². The Morgan fingerprint density at radius 3 is 2.00 bits per heavy atom. The Labute approximate surface area is 69.6 Å². The quantitative estimate of drug-likeness (QED) is 0.535. The predicted octanol–water partition coefficient (Wildman–Crippen LogP) is 3.44. The standard InChI is InChI=1S/C8H10.C3H6/c1-2-8-6-4-3-5-7-8;1-3-2/h3-7H,2H2,1H3;3H,1H2,2H3. The largest absolute Gasteiger partial charge is 0.103 e. The van der Waals surface area contributed by atoms with E-state index in [0.717, 1.165) is 6.42 Å². The van der Waals surface area contributed by atoms with Crippen molar-refractivity contribution in [2.45, 2.75) is 20.3 Å². The van der Waals surface area contributed by atoms with Gasteiger partial charge in [0.25, 0.3) is 0 Å². The molecule has 0 heteroatoms. The number of hydrogen-bond donors (Lipinski definition) is 0. The fraction of sp³-hybridized carbons (Fsp3) is 0.273. The minimum atomic E-state index is 1.14. The summed E-state index contributed by atoms with van der Waals surface area (Å²) in [5.74, 6) is 0. The van der Waals surface area contributed by atoms with Crippen LogP contribution in [0, 0.1) is 0 Å². The van der Waals surface area contributed by atoms with Crippen LogP contribution in [-0.2, 0) is 6.42 Å². The molecule has 0 N–H and O–H groups in total. The molecule has 0 fully saturated rings. The number of allylic oxidation sites excluding steroid dienone is 1. The topological polar surface area (TPSA) is 0 Å². The van der Waals surface area contributed by atoms with Gasteiger partial charge in [0.05, 0.1) is 0 Å². The molecule has 0 aliphatic rings. The molecule has 0 radical (unpaired) electrons. The van der Waals surface area contributed by atoms with Gasteiger partial charge in [0.1, 0.15) is 0 Å². The van der Waals surface area contributed by atoms with Crippen LogP contribution in [-0.4, -0.2) is 0 Å². The molecule has 0 saturated carbocycles. The van der Waals surface area contributed by atoms with Crippen molar-refractivity contribution in [3.05, 3.63) is 48.6 Å². The van der Waals surface area contributed by atoms with Crippen molar-refractivity contribution in [2.24, 2.45) is 0 Å². The number of hydrogen-bond acceptors (Lipinski definition) is 0. The molecule has 1 aromatic rings. The van der Waals surface area contributed by atoms with Gasteiger partial charge >= 0.3 is 0 Å². The molecule has 0 saturated heterocycles. The summed E-state index contributed by atoms with van der Waals surface area (Å²) >= 11 is 0. The number of rotatable bonds is 1. The zero-order chi connectivity index (χ0) is 8.53. The minimum Gasteiger partial charge on any atom is -0.103 e. The van der Waals surface area contributed by atoms with Gasteiger partial charge in [-0.15, -0.1) is 6.58 Å². The van der Waals surface area contributed by atoms with Gasteiger partial charge in [-0.25, -0.2) is 0 Å². The van der Waals surface area contributed by atoms with E-state index in [0.29, 0.717) is 0 Å². The molecule has 1 aromatic carbocycles. The van der Waals surface area contributed by atoms with Crippen molar-refractivity contribution in [3.8, 4) is 0 Å². The van der Waals surface area contributed by atoms with Gasteiger partial charge in [-0.2, -0.15) is 0 Å². The number of aryl methyl sites for hydroxylation is 1. The molecule has 0 aliphatic heterocycles. The molecule has 0 aliphatic carbocycles. The third-order valence-electron chi connectivity index (χ3n) is 1.25. The van der Waals surface area contributed by atoms with Gasteiger partial charge in [0, 0.05) is 0 Å². The van der Waals surface area contributed by atoms with E-state index >= 15 is 0 Å². The maximum absolute atomic E-state index is 3.36. The third-order valence-corrected chi connectivity index (χ3v) is 1.25. The maximum atomic E-state index is 3.36. The van der Waals surface area contributed by atoms with Gasteiger partial charge in [0.2, 0.25) is 0 Å². The monoisotopic (exact) mass is 148 g/mol. The summed E-state index contributed by atoms with van der Waals surface area (Å²) in [5.41, 5.74) is 1.41. The highest BCUT2D eigenvalue weighted by Crippen LogP contribution is 1.96. The Bertz CT molecular complexity index is 174. The highest BCUT2D eigenvalue weighted by atomic mass is 13.9. The van der Waals surface area contributed by atoms with Crippen LogP contribution in [0.2, 0.25) is 0 Å². The van der Waals surface area contributed by atoms with E-state index in [-0.39, 0.29) is 0 Å². The fourth-order valence-electron chi connectivity index (χ4n) is 0.714. The average Bonchev–Trinajstić information content (AvgIpc) is 2.08. The normalized spacial score (nSPS) is 7.82. The highest BCUT2D eigenvalue weighted by Gasteiger charge is 1.79. The van der Waals surface area contributed by atoms with Crippen LogP contribution in [0.25, 0.3) is 0 Å². The molecule has 0 bridgehead atoms. The Balaban J connectivity index is 0.000000292. The van der Waals surface area contributed by atoms with E-state index in [2.05, 4.69) is 37.8 Å². The molecule has 60 valence electrons. The molecule has 0 spiro atoms. The highest BCUT2D eigenvalue weighted by molar-refractivity contribution is 5.13. The summed E-state index contributed by atoms with van der Waals surface area (Å²) in [7, 11) is 0. The Morgan fingerprint density at radius 2 is 1.73 bits per heavy atom. The van der Waals surface area contributed by atoms with Crippen molar-refractivity contribution in [2.75, 3.05) is 0 Å². The molecule has 0 unspecified atom stereocenters. The van der Waals surface area contributed by atoms with Crippen molar-refractivity contribution in [1.82, 2.24) is 0 Å². The van der Waals surface area contributed by atoms with E-state index in [9.17, 15) is 0 Å². The van der Waals surface area contributed by atoms with Crippen LogP contribution in [0.5, 0.6) is 0 Å².